The van der Waals surface area contributed by atoms with Crippen molar-refractivity contribution in [2.45, 2.75) is 110 Å². The van der Waals surface area contributed by atoms with Gasteiger partial charge in [-0.3, -0.25) is 14.4 Å². The topological polar surface area (TPSA) is 129 Å². The minimum Gasteiger partial charge on any atom is -0.467 e. The highest BCUT2D eigenvalue weighted by Gasteiger charge is 2.46. The van der Waals surface area contributed by atoms with Crippen molar-refractivity contribution in [3.8, 4) is 0 Å². The van der Waals surface area contributed by atoms with Gasteiger partial charge in [0.1, 0.15) is 11.2 Å². The molecule has 1 saturated carbocycles. The summed E-state index contributed by atoms with van der Waals surface area (Å²) >= 11 is 0. The molecule has 1 amide bonds. The zero-order valence-electron chi connectivity index (χ0n) is 27.1. The Hall–Kier alpha value is -2.98. The molecule has 0 aliphatic heterocycles. The molecule has 1 aromatic carbocycles. The molecule has 1 fully saturated rings. The van der Waals surface area contributed by atoms with Crippen LogP contribution < -0.4 is 10.6 Å². The molecule has 10 heteroatoms. The van der Waals surface area contributed by atoms with Crippen LogP contribution in [0.5, 0.6) is 0 Å². The largest absolute Gasteiger partial charge is 0.467 e. The van der Waals surface area contributed by atoms with Gasteiger partial charge in [0.25, 0.3) is 0 Å². The summed E-state index contributed by atoms with van der Waals surface area (Å²) in [5.74, 6) is -2.14. The molecule has 1 aromatic rings. The molecule has 0 radical (unpaired) electrons. The summed E-state index contributed by atoms with van der Waals surface area (Å²) in [5.41, 5.74) is -1.12. The fourth-order valence-corrected chi connectivity index (χ4v) is 5.19. The minimum atomic E-state index is -0.982. The Bertz CT molecular complexity index is 1040. The number of carbonyl (C=O) groups excluding carboxylic acids is 4. The van der Waals surface area contributed by atoms with Crippen molar-refractivity contribution in [2.75, 3.05) is 26.8 Å². The number of methoxy groups -OCH3 is 1. The first kappa shape index (κ1) is 36.2. The van der Waals surface area contributed by atoms with E-state index < -0.39 is 34.5 Å². The predicted molar refractivity (Wildman–Crippen MR) is 163 cm³/mol. The fraction of sp³-hybridized carbons (Fsp3) is 0.697. The zero-order valence-corrected chi connectivity index (χ0v) is 27.1. The molecular weight excluding hydrogens is 552 g/mol. The van der Waals surface area contributed by atoms with Crippen molar-refractivity contribution in [1.82, 2.24) is 10.6 Å². The van der Waals surface area contributed by atoms with Crippen LogP contribution in [0.1, 0.15) is 92.1 Å². The number of rotatable bonds is 16. The summed E-state index contributed by atoms with van der Waals surface area (Å²) in [6.45, 7) is 12.0. The van der Waals surface area contributed by atoms with Crippen molar-refractivity contribution in [2.24, 2.45) is 11.3 Å². The van der Waals surface area contributed by atoms with E-state index in [4.69, 9.17) is 18.9 Å². The van der Waals surface area contributed by atoms with Gasteiger partial charge in [0.2, 0.25) is 5.91 Å². The second-order valence-electron chi connectivity index (χ2n) is 13.4. The van der Waals surface area contributed by atoms with Gasteiger partial charge in [-0.05, 0) is 79.3 Å². The van der Waals surface area contributed by atoms with Gasteiger partial charge >= 0.3 is 17.9 Å². The third-order valence-electron chi connectivity index (χ3n) is 7.15. The second-order valence-corrected chi connectivity index (χ2v) is 13.4. The molecule has 1 aliphatic carbocycles. The summed E-state index contributed by atoms with van der Waals surface area (Å²) < 4.78 is 21.8. The maximum atomic E-state index is 13.8. The van der Waals surface area contributed by atoms with Gasteiger partial charge < -0.3 is 29.6 Å². The molecule has 0 saturated heterocycles. The number of ether oxygens (including phenoxy) is 4. The Kier molecular flexibility index (Phi) is 14.1. The Morgan fingerprint density at radius 1 is 0.907 bits per heavy atom. The lowest BCUT2D eigenvalue weighted by Crippen LogP contribution is -2.51. The lowest BCUT2D eigenvalue weighted by Gasteiger charge is -2.33. The number of amides is 1. The Labute approximate surface area is 256 Å². The first-order chi connectivity index (χ1) is 20.1. The van der Waals surface area contributed by atoms with Crippen molar-refractivity contribution in [1.29, 1.82) is 0 Å². The molecule has 2 atom stereocenters. The molecule has 10 nitrogen and oxygen atoms in total. The summed E-state index contributed by atoms with van der Waals surface area (Å²) in [6.07, 6.45) is 3.94. The first-order valence-corrected chi connectivity index (χ1v) is 15.3. The molecule has 43 heavy (non-hydrogen) atoms. The number of hydrogen-bond acceptors (Lipinski definition) is 9. The Morgan fingerprint density at radius 3 is 2.12 bits per heavy atom. The summed E-state index contributed by atoms with van der Waals surface area (Å²) in [4.78, 5) is 51.8. The monoisotopic (exact) mass is 604 g/mol. The van der Waals surface area contributed by atoms with Crippen LogP contribution in [0.3, 0.4) is 0 Å². The fourth-order valence-electron chi connectivity index (χ4n) is 5.19. The third-order valence-corrected chi connectivity index (χ3v) is 7.15. The number of benzene rings is 1. The number of nitrogens with one attached hydrogen (secondary N) is 2. The maximum absolute atomic E-state index is 13.8. The Morgan fingerprint density at radius 2 is 1.53 bits per heavy atom. The zero-order chi connectivity index (χ0) is 32.1. The van der Waals surface area contributed by atoms with Gasteiger partial charge in [-0.1, -0.05) is 43.2 Å². The van der Waals surface area contributed by atoms with Crippen LogP contribution in [0.4, 0.5) is 0 Å². The van der Waals surface area contributed by atoms with E-state index in [9.17, 15) is 19.2 Å². The van der Waals surface area contributed by atoms with Gasteiger partial charge in [0.05, 0.1) is 31.7 Å². The van der Waals surface area contributed by atoms with E-state index in [2.05, 4.69) is 10.6 Å². The van der Waals surface area contributed by atoms with E-state index in [0.29, 0.717) is 32.4 Å². The standard InChI is InChI=1S/C33H52N2O8/c1-31(2,3)42-27(36)16-13-19-34-21-25(28(37)43-32(4,5)6)20-33(17-11-12-18-33)30(39)35-26(29(38)40-7)23-41-22-24-14-9-8-10-15-24/h8-10,14-15,25-26,34H,11-13,16-23H2,1-7H3,(H,35,39)/t25-,26-/m0/s1. The predicted octanol–water partition coefficient (Wildman–Crippen LogP) is 4.48. The number of carbonyl (C=O) groups is 4. The van der Waals surface area contributed by atoms with Crippen LogP contribution in [0.15, 0.2) is 30.3 Å². The van der Waals surface area contributed by atoms with Crippen LogP contribution in [-0.2, 0) is 44.7 Å². The molecule has 2 rings (SSSR count). The highest BCUT2D eigenvalue weighted by Crippen LogP contribution is 2.44. The van der Waals surface area contributed by atoms with E-state index in [-0.39, 0.29) is 43.9 Å². The maximum Gasteiger partial charge on any atom is 0.330 e. The highest BCUT2D eigenvalue weighted by atomic mass is 16.6. The molecule has 0 unspecified atom stereocenters. The van der Waals surface area contributed by atoms with E-state index in [0.717, 1.165) is 18.4 Å². The van der Waals surface area contributed by atoms with Gasteiger partial charge in [-0.2, -0.15) is 0 Å². The number of esters is 3. The van der Waals surface area contributed by atoms with Crippen molar-refractivity contribution in [3.63, 3.8) is 0 Å². The van der Waals surface area contributed by atoms with Crippen LogP contribution in [0, 0.1) is 11.3 Å². The van der Waals surface area contributed by atoms with E-state index in [1.54, 1.807) is 0 Å². The summed E-state index contributed by atoms with van der Waals surface area (Å²) in [5, 5.41) is 6.15. The van der Waals surface area contributed by atoms with Crippen molar-refractivity contribution in [3.05, 3.63) is 35.9 Å². The van der Waals surface area contributed by atoms with Gasteiger partial charge in [-0.25, -0.2) is 4.79 Å². The summed E-state index contributed by atoms with van der Waals surface area (Å²) in [6, 6.07) is 8.57. The first-order valence-electron chi connectivity index (χ1n) is 15.3. The minimum absolute atomic E-state index is 0.0436. The van der Waals surface area contributed by atoms with Crippen LogP contribution in [-0.4, -0.2) is 67.9 Å². The SMILES string of the molecule is COC(=O)[C@H](COCc1ccccc1)NC(=O)C1(C[C@@H](CNCCCC(=O)OC(C)(C)C)C(=O)OC(C)(C)C)CCCC1. The molecule has 0 spiro atoms. The molecule has 2 N–H and O–H groups in total. The highest BCUT2D eigenvalue weighted by molar-refractivity contribution is 5.89. The van der Waals surface area contributed by atoms with Gasteiger partial charge in [0.15, 0.2) is 6.04 Å². The average molecular weight is 605 g/mol. The third kappa shape index (κ3) is 13.5. The lowest BCUT2D eigenvalue weighted by molar-refractivity contribution is -0.162. The van der Waals surface area contributed by atoms with E-state index in [1.807, 2.05) is 71.9 Å². The van der Waals surface area contributed by atoms with Gasteiger partial charge in [0, 0.05) is 13.0 Å². The lowest BCUT2D eigenvalue weighted by atomic mass is 9.76. The van der Waals surface area contributed by atoms with Crippen molar-refractivity contribution >= 4 is 23.8 Å². The number of hydrogen-bond donors (Lipinski definition) is 2. The van der Waals surface area contributed by atoms with E-state index in [1.165, 1.54) is 7.11 Å². The van der Waals surface area contributed by atoms with Crippen LogP contribution >= 0.6 is 0 Å². The smallest absolute Gasteiger partial charge is 0.330 e. The molecule has 0 bridgehead atoms. The molecule has 0 heterocycles. The normalized spacial score (nSPS) is 16.2. The Balaban J connectivity index is 2.08. The molecule has 0 aromatic heterocycles. The molecule has 1 aliphatic rings. The molecule has 242 valence electrons. The van der Waals surface area contributed by atoms with Crippen LogP contribution in [0.2, 0.25) is 0 Å². The van der Waals surface area contributed by atoms with Crippen molar-refractivity contribution < 1.29 is 38.1 Å². The quantitative estimate of drug-likeness (QED) is 0.159. The van der Waals surface area contributed by atoms with Crippen LogP contribution in [0.25, 0.3) is 0 Å². The van der Waals surface area contributed by atoms with E-state index >= 15 is 0 Å². The second kappa shape index (κ2) is 16.8. The summed E-state index contributed by atoms with van der Waals surface area (Å²) in [7, 11) is 1.27. The van der Waals surface area contributed by atoms with Gasteiger partial charge in [-0.15, -0.1) is 0 Å². The average Bonchev–Trinajstić information content (AvgIpc) is 3.39. The molecular formula is C33H52N2O8.